The number of nitrogens with one attached hydrogen (secondary N) is 2. The highest BCUT2D eigenvalue weighted by atomic mass is 32.2. The van der Waals surface area contributed by atoms with Gasteiger partial charge in [-0.2, -0.15) is 0 Å². The number of sulfonamides is 1. The molecule has 7 rings (SSSR count). The van der Waals surface area contributed by atoms with Crippen molar-refractivity contribution in [2.75, 3.05) is 57.3 Å². The molecule has 12 nitrogen and oxygen atoms in total. The molecule has 2 N–H and O–H groups in total. The lowest BCUT2D eigenvalue weighted by atomic mass is 9.90. The fourth-order valence-corrected chi connectivity index (χ4v) is 9.42. The predicted molar refractivity (Wildman–Crippen MR) is 229 cm³/mol. The highest BCUT2D eigenvalue weighted by Crippen LogP contribution is 2.45. The van der Waals surface area contributed by atoms with Crippen LogP contribution >= 0.6 is 11.8 Å². The van der Waals surface area contributed by atoms with E-state index in [0.29, 0.717) is 25.7 Å². The van der Waals surface area contributed by atoms with Crippen molar-refractivity contribution in [3.63, 3.8) is 0 Å². The Hall–Kier alpha value is -5.57. The molecule has 0 spiro atoms. The number of nitrogens with zero attached hydrogens (tertiary/aromatic N) is 2. The van der Waals surface area contributed by atoms with E-state index in [1.54, 1.807) is 38.1 Å². The van der Waals surface area contributed by atoms with Crippen LogP contribution in [0.5, 0.6) is 11.5 Å². The van der Waals surface area contributed by atoms with E-state index in [-0.39, 0.29) is 27.8 Å². The third-order valence-corrected chi connectivity index (χ3v) is 13.0. The number of allylic oxidation sites excluding steroid dienone is 2. The number of methoxy groups -OCH3 is 2. The second-order valence-electron chi connectivity index (χ2n) is 14.3. The molecule has 3 aliphatic rings. The maximum atomic E-state index is 13.2. The first-order valence-electron chi connectivity index (χ1n) is 19.2. The zero-order chi connectivity index (χ0) is 40.6. The first kappa shape index (κ1) is 40.6. The molecule has 4 aromatic carbocycles. The number of nitro groups is 1. The summed E-state index contributed by atoms with van der Waals surface area (Å²) in [7, 11) is -1.06. The topological polar surface area (TPSA) is 149 Å². The quantitative estimate of drug-likeness (QED) is 0.0986. The van der Waals surface area contributed by atoms with E-state index in [0.717, 1.165) is 67.6 Å². The van der Waals surface area contributed by atoms with Gasteiger partial charge in [0, 0.05) is 61.0 Å². The van der Waals surface area contributed by atoms with E-state index in [1.165, 1.54) is 33.7 Å². The fraction of sp³-hybridized carbons (Fsp3) is 0.295. The Balaban J connectivity index is 0.978. The van der Waals surface area contributed by atoms with Crippen molar-refractivity contribution in [1.82, 2.24) is 4.72 Å². The van der Waals surface area contributed by atoms with Gasteiger partial charge in [0.1, 0.15) is 17.2 Å². The number of hydrogen-bond donors (Lipinski definition) is 2. The number of nitro benzene ring substituents is 1. The Morgan fingerprint density at radius 2 is 1.66 bits per heavy atom. The normalized spacial score (nSPS) is 17.9. The van der Waals surface area contributed by atoms with Crippen molar-refractivity contribution in [2.24, 2.45) is 5.92 Å². The van der Waals surface area contributed by atoms with Crippen LogP contribution in [-0.2, 0) is 14.8 Å². The molecule has 58 heavy (non-hydrogen) atoms. The summed E-state index contributed by atoms with van der Waals surface area (Å²) in [4.78, 5) is 27.4. The van der Waals surface area contributed by atoms with Gasteiger partial charge in [-0.3, -0.25) is 14.9 Å². The summed E-state index contributed by atoms with van der Waals surface area (Å²) >= 11 is 1.70. The molecule has 0 saturated carbocycles. The number of piperidine rings is 1. The van der Waals surface area contributed by atoms with Crippen molar-refractivity contribution in [2.45, 2.75) is 36.5 Å². The number of carbonyl (C=O) groups is 1. The standard InChI is InChI=1S/C44H46N4O8S2/c1-54-41-8-5-9-42(55-2)38(41)28-43-37(20-25-57-43)36-7-4-3-6-33(36)26-30-16-21-47(22-17-30)34-12-10-32(11-13-34)44(49)46-58(52,53)35-14-15-39(40(27-35)48(50)51)45-29-31-18-23-56-24-19-31/h3-15,20,25-28,31,37,45H,16-19,21-24,29H2,1-2H3,(H,46,49). The second kappa shape index (κ2) is 18.3. The van der Waals surface area contributed by atoms with Crippen molar-refractivity contribution < 1.29 is 32.3 Å². The highest BCUT2D eigenvalue weighted by Gasteiger charge is 2.26. The number of benzene rings is 4. The maximum absolute atomic E-state index is 13.2. The van der Waals surface area contributed by atoms with E-state index in [2.05, 4.69) is 62.8 Å². The summed E-state index contributed by atoms with van der Waals surface area (Å²) in [5.74, 6) is 1.08. The minimum absolute atomic E-state index is 0.0899. The van der Waals surface area contributed by atoms with Crippen LogP contribution < -0.4 is 24.4 Å². The third-order valence-electron chi connectivity index (χ3n) is 10.8. The highest BCUT2D eigenvalue weighted by molar-refractivity contribution is 8.06. The van der Waals surface area contributed by atoms with Gasteiger partial charge in [-0.05, 0) is 103 Å². The van der Waals surface area contributed by atoms with Crippen molar-refractivity contribution in [1.29, 1.82) is 0 Å². The summed E-state index contributed by atoms with van der Waals surface area (Å²) in [6.45, 7) is 3.36. The van der Waals surface area contributed by atoms with Crippen molar-refractivity contribution in [3.8, 4) is 11.5 Å². The summed E-state index contributed by atoms with van der Waals surface area (Å²) in [6, 6.07) is 24.7. The molecule has 1 atom stereocenters. The fourth-order valence-electron chi connectivity index (χ4n) is 7.50. The molecule has 3 heterocycles. The largest absolute Gasteiger partial charge is 0.496 e. The number of rotatable bonds is 13. The Morgan fingerprint density at radius 1 is 0.948 bits per heavy atom. The molecule has 2 saturated heterocycles. The number of hydrogen-bond acceptors (Lipinski definition) is 11. The summed E-state index contributed by atoms with van der Waals surface area (Å²) in [6.07, 6.45) is 10.1. The van der Waals surface area contributed by atoms with Gasteiger partial charge in [0.15, 0.2) is 0 Å². The molecule has 0 radical (unpaired) electrons. The minimum atomic E-state index is -4.39. The lowest BCUT2D eigenvalue weighted by molar-refractivity contribution is -0.384. The monoisotopic (exact) mass is 822 g/mol. The van der Waals surface area contributed by atoms with Crippen LogP contribution in [0.1, 0.15) is 58.6 Å². The van der Waals surface area contributed by atoms with Gasteiger partial charge >= 0.3 is 0 Å². The first-order valence-corrected chi connectivity index (χ1v) is 21.6. The van der Waals surface area contributed by atoms with Crippen LogP contribution in [0, 0.1) is 16.0 Å². The van der Waals surface area contributed by atoms with Gasteiger partial charge in [0.2, 0.25) is 0 Å². The number of carbonyl (C=O) groups excluding carboxylic acids is 1. The maximum Gasteiger partial charge on any atom is 0.293 e. The molecule has 1 amide bonds. The van der Waals surface area contributed by atoms with Crippen LogP contribution in [0.25, 0.3) is 12.2 Å². The number of ether oxygens (including phenoxy) is 3. The molecule has 0 bridgehead atoms. The summed E-state index contributed by atoms with van der Waals surface area (Å²) < 4.78 is 45.2. The van der Waals surface area contributed by atoms with E-state index < -0.39 is 20.9 Å². The number of anilines is 2. The van der Waals surface area contributed by atoms with E-state index in [9.17, 15) is 23.3 Å². The lowest BCUT2D eigenvalue weighted by Crippen LogP contribution is -2.31. The van der Waals surface area contributed by atoms with Gasteiger partial charge in [-0.25, -0.2) is 13.1 Å². The lowest BCUT2D eigenvalue weighted by Gasteiger charge is -2.30. The molecule has 302 valence electrons. The van der Waals surface area contributed by atoms with Crippen molar-refractivity contribution in [3.05, 3.63) is 139 Å². The molecule has 14 heteroatoms. The summed E-state index contributed by atoms with van der Waals surface area (Å²) in [5, 5.41) is 17.1. The van der Waals surface area contributed by atoms with Crippen LogP contribution in [0.2, 0.25) is 0 Å². The third kappa shape index (κ3) is 9.41. The smallest absolute Gasteiger partial charge is 0.293 e. The molecule has 3 aliphatic heterocycles. The average molecular weight is 823 g/mol. The zero-order valence-electron chi connectivity index (χ0n) is 32.4. The molecule has 1 unspecified atom stereocenters. The minimum Gasteiger partial charge on any atom is -0.496 e. The van der Waals surface area contributed by atoms with Gasteiger partial charge in [-0.1, -0.05) is 48.1 Å². The second-order valence-corrected chi connectivity index (χ2v) is 17.0. The van der Waals surface area contributed by atoms with Crippen LogP contribution in [-0.4, -0.2) is 66.3 Å². The molecule has 0 aliphatic carbocycles. The van der Waals surface area contributed by atoms with Gasteiger partial charge in [-0.15, -0.1) is 11.8 Å². The average Bonchev–Trinajstić information content (AvgIpc) is 3.71. The van der Waals surface area contributed by atoms with Crippen molar-refractivity contribution >= 4 is 56.9 Å². The van der Waals surface area contributed by atoms with E-state index in [1.807, 2.05) is 30.3 Å². The van der Waals surface area contributed by atoms with E-state index >= 15 is 0 Å². The van der Waals surface area contributed by atoms with Gasteiger partial charge in [0.25, 0.3) is 21.6 Å². The predicted octanol–water partition coefficient (Wildman–Crippen LogP) is 8.64. The molecule has 4 aromatic rings. The van der Waals surface area contributed by atoms with E-state index in [4.69, 9.17) is 14.2 Å². The Bertz CT molecular complexity index is 2320. The molecule has 2 fully saturated rings. The summed E-state index contributed by atoms with van der Waals surface area (Å²) in [5.41, 5.74) is 5.58. The van der Waals surface area contributed by atoms with Crippen LogP contribution in [0.4, 0.5) is 17.1 Å². The van der Waals surface area contributed by atoms with Gasteiger partial charge < -0.3 is 24.4 Å². The van der Waals surface area contributed by atoms with Crippen LogP contribution in [0.15, 0.2) is 112 Å². The molecule has 0 aromatic heterocycles. The zero-order valence-corrected chi connectivity index (χ0v) is 34.0. The van der Waals surface area contributed by atoms with Gasteiger partial charge in [0.05, 0.1) is 29.6 Å². The number of thioether (sulfide) groups is 1. The van der Waals surface area contributed by atoms with Crippen LogP contribution in [0.3, 0.4) is 0 Å². The SMILES string of the molecule is COc1cccc(OC)c1C=C1SC=CC1c1ccccc1C=C1CCN(c2ccc(C(=O)NS(=O)(=O)c3ccc(NCC4CCOCC4)c([N+](=O)[O-])c3)cc2)CC1. The first-order chi connectivity index (χ1) is 28.1. The number of amides is 1. The Morgan fingerprint density at radius 3 is 2.34 bits per heavy atom. The Labute approximate surface area is 343 Å². The molecular weight excluding hydrogens is 777 g/mol. The Kier molecular flexibility index (Phi) is 12.9. The molecular formula is C44H46N4O8S2.